The summed E-state index contributed by atoms with van der Waals surface area (Å²) in [4.78, 5) is 7.08. The fourth-order valence-electron chi connectivity index (χ4n) is 2.78. The molecule has 1 aromatic heterocycles. The third-order valence-corrected chi connectivity index (χ3v) is 3.85. The van der Waals surface area contributed by atoms with Gasteiger partial charge in [0, 0.05) is 6.20 Å². The van der Waals surface area contributed by atoms with Gasteiger partial charge in [0.2, 0.25) is 0 Å². The summed E-state index contributed by atoms with van der Waals surface area (Å²) in [5.41, 5.74) is 2.25. The van der Waals surface area contributed by atoms with Crippen molar-refractivity contribution in [2.45, 2.75) is 39.2 Å². The number of phenols is 1. The Balaban J connectivity index is 2.37. The third kappa shape index (κ3) is 4.31. The molecule has 1 aromatic carbocycles. The lowest BCUT2D eigenvalue weighted by Crippen LogP contribution is -2.32. The summed E-state index contributed by atoms with van der Waals surface area (Å²) in [5.74, 6) is 0.305. The van der Waals surface area contributed by atoms with Crippen LogP contribution in [0.25, 0.3) is 0 Å². The largest absolute Gasteiger partial charge is 0.508 e. The van der Waals surface area contributed by atoms with Crippen molar-refractivity contribution in [2.24, 2.45) is 0 Å². The monoisotopic (exact) mass is 298 g/mol. The topological polar surface area (TPSA) is 36.4 Å². The van der Waals surface area contributed by atoms with Crippen LogP contribution >= 0.6 is 0 Å². The van der Waals surface area contributed by atoms with Gasteiger partial charge in [0.25, 0.3) is 0 Å². The van der Waals surface area contributed by atoms with Crippen molar-refractivity contribution in [1.82, 2.24) is 9.88 Å². The Kier molecular flexibility index (Phi) is 6.41. The molecule has 1 unspecified atom stereocenters. The van der Waals surface area contributed by atoms with E-state index in [0.29, 0.717) is 5.75 Å². The van der Waals surface area contributed by atoms with Gasteiger partial charge in [-0.05, 0) is 55.8 Å². The van der Waals surface area contributed by atoms with E-state index in [1.807, 2.05) is 30.5 Å². The molecule has 0 fully saturated rings. The highest BCUT2D eigenvalue weighted by molar-refractivity contribution is 5.32. The lowest BCUT2D eigenvalue weighted by Gasteiger charge is -2.31. The van der Waals surface area contributed by atoms with E-state index in [0.717, 1.165) is 25.2 Å². The van der Waals surface area contributed by atoms with Crippen molar-refractivity contribution in [2.75, 3.05) is 13.1 Å². The molecule has 1 atom stereocenters. The minimum atomic E-state index is 0.147. The van der Waals surface area contributed by atoms with Crippen molar-refractivity contribution >= 4 is 0 Å². The van der Waals surface area contributed by atoms with Crippen molar-refractivity contribution in [3.63, 3.8) is 0 Å². The highest BCUT2D eigenvalue weighted by Gasteiger charge is 2.22. The van der Waals surface area contributed by atoms with E-state index in [2.05, 4.69) is 29.8 Å². The Hall–Kier alpha value is -1.87. The van der Waals surface area contributed by atoms with Crippen LogP contribution in [0.5, 0.6) is 5.75 Å². The molecule has 0 saturated carbocycles. The van der Waals surface area contributed by atoms with Crippen LogP contribution in [-0.2, 0) is 0 Å². The van der Waals surface area contributed by atoms with E-state index in [-0.39, 0.29) is 6.04 Å². The summed E-state index contributed by atoms with van der Waals surface area (Å²) in [6.07, 6.45) is 5.34. The van der Waals surface area contributed by atoms with Gasteiger partial charge in [0.05, 0.1) is 11.7 Å². The molecule has 0 spiro atoms. The lowest BCUT2D eigenvalue weighted by atomic mass is 10.00. The molecule has 0 saturated heterocycles. The predicted octanol–water partition coefficient (Wildman–Crippen LogP) is 4.39. The van der Waals surface area contributed by atoms with E-state index < -0.39 is 0 Å². The van der Waals surface area contributed by atoms with Gasteiger partial charge in [-0.15, -0.1) is 0 Å². The quantitative estimate of drug-likeness (QED) is 0.785. The average Bonchev–Trinajstić information content (AvgIpc) is 2.55. The van der Waals surface area contributed by atoms with Gasteiger partial charge in [-0.25, -0.2) is 0 Å². The molecule has 2 rings (SSSR count). The number of aromatic hydroxyl groups is 1. The summed E-state index contributed by atoms with van der Waals surface area (Å²) in [6.45, 7) is 6.54. The molecular weight excluding hydrogens is 272 g/mol. The van der Waals surface area contributed by atoms with Crippen molar-refractivity contribution in [3.8, 4) is 5.75 Å². The number of hydrogen-bond donors (Lipinski definition) is 1. The maximum Gasteiger partial charge on any atom is 0.115 e. The summed E-state index contributed by atoms with van der Waals surface area (Å²) in [6, 6.07) is 13.8. The molecule has 118 valence electrons. The molecule has 2 aromatic rings. The van der Waals surface area contributed by atoms with Crippen molar-refractivity contribution in [3.05, 3.63) is 59.9 Å². The number of rotatable bonds is 8. The fraction of sp³-hybridized carbons (Fsp3) is 0.421. The number of nitrogens with zero attached hydrogens (tertiary/aromatic N) is 2. The predicted molar refractivity (Wildman–Crippen MR) is 91.0 cm³/mol. The van der Waals surface area contributed by atoms with Crippen LogP contribution in [0.2, 0.25) is 0 Å². The second kappa shape index (κ2) is 8.54. The van der Waals surface area contributed by atoms with Crippen LogP contribution in [0.1, 0.15) is 50.4 Å². The van der Waals surface area contributed by atoms with Gasteiger partial charge in [-0.2, -0.15) is 0 Å². The second-order valence-corrected chi connectivity index (χ2v) is 5.64. The first-order valence-electron chi connectivity index (χ1n) is 8.20. The van der Waals surface area contributed by atoms with E-state index >= 15 is 0 Å². The zero-order valence-corrected chi connectivity index (χ0v) is 13.6. The van der Waals surface area contributed by atoms with E-state index in [1.54, 1.807) is 12.1 Å². The Morgan fingerprint density at radius 2 is 1.77 bits per heavy atom. The summed E-state index contributed by atoms with van der Waals surface area (Å²) in [7, 11) is 0. The van der Waals surface area contributed by atoms with Gasteiger partial charge in [-0.3, -0.25) is 9.88 Å². The van der Waals surface area contributed by atoms with Gasteiger partial charge in [0.1, 0.15) is 5.75 Å². The first-order chi connectivity index (χ1) is 10.8. The van der Waals surface area contributed by atoms with Gasteiger partial charge in [0.15, 0.2) is 0 Å². The minimum absolute atomic E-state index is 0.147. The summed E-state index contributed by atoms with van der Waals surface area (Å²) >= 11 is 0. The Morgan fingerprint density at radius 3 is 2.36 bits per heavy atom. The number of hydrogen-bond acceptors (Lipinski definition) is 3. The SMILES string of the molecule is CCCCN(CCC)C(c1ccc(O)cc1)c1ccccn1. The molecule has 0 amide bonds. The maximum atomic E-state index is 9.56. The average molecular weight is 298 g/mol. The van der Waals surface area contributed by atoms with Gasteiger partial charge < -0.3 is 5.11 Å². The van der Waals surface area contributed by atoms with Gasteiger partial charge >= 0.3 is 0 Å². The van der Waals surface area contributed by atoms with Gasteiger partial charge in [-0.1, -0.05) is 38.5 Å². The Morgan fingerprint density at radius 1 is 1.00 bits per heavy atom. The number of benzene rings is 1. The first kappa shape index (κ1) is 16.5. The molecule has 0 bridgehead atoms. The molecule has 0 aliphatic heterocycles. The highest BCUT2D eigenvalue weighted by Crippen LogP contribution is 2.29. The van der Waals surface area contributed by atoms with E-state index in [1.165, 1.54) is 18.4 Å². The van der Waals surface area contributed by atoms with Crippen LogP contribution in [0, 0.1) is 0 Å². The maximum absolute atomic E-state index is 9.56. The zero-order chi connectivity index (χ0) is 15.8. The molecule has 0 radical (unpaired) electrons. The zero-order valence-electron chi connectivity index (χ0n) is 13.6. The molecule has 3 heteroatoms. The Bertz CT molecular complexity index is 539. The van der Waals surface area contributed by atoms with Crippen molar-refractivity contribution < 1.29 is 5.11 Å². The molecule has 1 heterocycles. The molecular formula is C19H26N2O. The third-order valence-electron chi connectivity index (χ3n) is 3.85. The molecule has 3 nitrogen and oxygen atoms in total. The molecule has 1 N–H and O–H groups in total. The molecule has 22 heavy (non-hydrogen) atoms. The molecule has 0 aliphatic carbocycles. The van der Waals surface area contributed by atoms with E-state index in [9.17, 15) is 5.11 Å². The fourth-order valence-corrected chi connectivity index (χ4v) is 2.78. The number of phenolic OH excluding ortho intramolecular Hbond substituents is 1. The molecule has 0 aliphatic rings. The van der Waals surface area contributed by atoms with Crippen LogP contribution in [0.4, 0.5) is 0 Å². The summed E-state index contributed by atoms with van der Waals surface area (Å²) < 4.78 is 0. The normalized spacial score (nSPS) is 12.5. The second-order valence-electron chi connectivity index (χ2n) is 5.64. The summed E-state index contributed by atoms with van der Waals surface area (Å²) in [5, 5.41) is 9.56. The standard InChI is InChI=1S/C19H26N2O/c1-3-5-15-21(14-4-2)19(18-8-6-7-13-20-18)16-9-11-17(22)12-10-16/h6-13,19,22H,3-5,14-15H2,1-2H3. The lowest BCUT2D eigenvalue weighted by molar-refractivity contribution is 0.218. The number of aromatic nitrogens is 1. The van der Waals surface area contributed by atoms with Crippen LogP contribution in [0.15, 0.2) is 48.7 Å². The highest BCUT2D eigenvalue weighted by atomic mass is 16.3. The number of unbranched alkanes of at least 4 members (excludes halogenated alkanes) is 1. The van der Waals surface area contributed by atoms with Crippen molar-refractivity contribution in [1.29, 1.82) is 0 Å². The smallest absolute Gasteiger partial charge is 0.115 e. The number of pyridine rings is 1. The van der Waals surface area contributed by atoms with Crippen LogP contribution in [-0.4, -0.2) is 28.1 Å². The minimum Gasteiger partial charge on any atom is -0.508 e. The van der Waals surface area contributed by atoms with Crippen LogP contribution in [0.3, 0.4) is 0 Å². The van der Waals surface area contributed by atoms with Crippen LogP contribution < -0.4 is 0 Å². The first-order valence-corrected chi connectivity index (χ1v) is 8.20. The Labute approximate surface area is 133 Å². The van der Waals surface area contributed by atoms with E-state index in [4.69, 9.17) is 0 Å².